The highest BCUT2D eigenvalue weighted by Crippen LogP contribution is 2.04. The first-order valence-electron chi connectivity index (χ1n) is 4.06. The number of ketones is 1. The average molecular weight is 159 g/mol. The number of Topliss-reactive ketones (excluding diaryl/α,β-unsaturated/α-hetero) is 1. The summed E-state index contributed by atoms with van der Waals surface area (Å²) < 4.78 is 0. The summed E-state index contributed by atoms with van der Waals surface area (Å²) in [4.78, 5) is 11.1. The van der Waals surface area contributed by atoms with Gasteiger partial charge in [0.15, 0.2) is 0 Å². The van der Waals surface area contributed by atoms with Gasteiger partial charge in [0.05, 0.1) is 13.3 Å². The zero-order valence-corrected chi connectivity index (χ0v) is 7.26. The van der Waals surface area contributed by atoms with E-state index in [1.54, 1.807) is 0 Å². The minimum atomic E-state index is -0.120. The third-order valence-corrected chi connectivity index (χ3v) is 1.68. The molecule has 66 valence electrons. The molecule has 0 bridgehead atoms. The Morgan fingerprint density at radius 3 is 2.73 bits per heavy atom. The second kappa shape index (κ2) is 6.31. The third-order valence-electron chi connectivity index (χ3n) is 1.68. The van der Waals surface area contributed by atoms with Gasteiger partial charge in [-0.25, -0.2) is 0 Å². The van der Waals surface area contributed by atoms with Crippen LogP contribution in [0.5, 0.6) is 0 Å². The van der Waals surface area contributed by atoms with Crippen molar-refractivity contribution in [1.82, 2.24) is 5.32 Å². The Bertz CT molecular complexity index is 115. The Morgan fingerprint density at radius 2 is 2.27 bits per heavy atom. The predicted molar refractivity (Wildman–Crippen MR) is 44.2 cm³/mol. The molecule has 11 heavy (non-hydrogen) atoms. The van der Waals surface area contributed by atoms with E-state index in [4.69, 9.17) is 5.11 Å². The summed E-state index contributed by atoms with van der Waals surface area (Å²) in [6, 6.07) is 0. The van der Waals surface area contributed by atoms with E-state index in [9.17, 15) is 4.79 Å². The number of hydrogen-bond donors (Lipinski definition) is 2. The van der Waals surface area contributed by atoms with Gasteiger partial charge in [-0.3, -0.25) is 10.1 Å². The van der Waals surface area contributed by atoms with Crippen LogP contribution in [0.4, 0.5) is 0 Å². The minimum absolute atomic E-state index is 0.120. The standard InChI is InChI=1S/C8H17NO2/c1-3-4-7(2)8(11)5-9-6-10/h7,9-10H,3-6H2,1-2H3. The fourth-order valence-electron chi connectivity index (χ4n) is 0.947. The lowest BCUT2D eigenvalue weighted by Gasteiger charge is -2.07. The summed E-state index contributed by atoms with van der Waals surface area (Å²) in [5.41, 5.74) is 0. The highest BCUT2D eigenvalue weighted by Gasteiger charge is 2.09. The maximum atomic E-state index is 11.1. The first kappa shape index (κ1) is 10.6. The lowest BCUT2D eigenvalue weighted by Crippen LogP contribution is -2.27. The Labute approximate surface area is 67.8 Å². The topological polar surface area (TPSA) is 49.3 Å². The Balaban J connectivity index is 3.47. The monoisotopic (exact) mass is 159 g/mol. The van der Waals surface area contributed by atoms with Crippen molar-refractivity contribution in [3.63, 3.8) is 0 Å². The predicted octanol–water partition coefficient (Wildman–Crippen LogP) is 0.531. The second-order valence-corrected chi connectivity index (χ2v) is 2.74. The molecular formula is C8H17NO2. The van der Waals surface area contributed by atoms with Crippen molar-refractivity contribution in [2.45, 2.75) is 26.7 Å². The quantitative estimate of drug-likeness (QED) is 0.556. The van der Waals surface area contributed by atoms with E-state index in [2.05, 4.69) is 12.2 Å². The summed E-state index contributed by atoms with van der Waals surface area (Å²) >= 11 is 0. The summed E-state index contributed by atoms with van der Waals surface area (Å²) in [5, 5.41) is 11.0. The fraction of sp³-hybridized carbons (Fsp3) is 0.875. The molecule has 0 radical (unpaired) electrons. The van der Waals surface area contributed by atoms with E-state index in [-0.39, 0.29) is 25.0 Å². The van der Waals surface area contributed by atoms with Crippen molar-refractivity contribution >= 4 is 5.78 Å². The smallest absolute Gasteiger partial charge is 0.149 e. The van der Waals surface area contributed by atoms with Gasteiger partial charge in [0.1, 0.15) is 5.78 Å². The van der Waals surface area contributed by atoms with E-state index >= 15 is 0 Å². The lowest BCUT2D eigenvalue weighted by atomic mass is 10.0. The Hall–Kier alpha value is -0.410. The van der Waals surface area contributed by atoms with Crippen LogP contribution in [0, 0.1) is 5.92 Å². The fourth-order valence-corrected chi connectivity index (χ4v) is 0.947. The van der Waals surface area contributed by atoms with Crippen molar-refractivity contribution < 1.29 is 9.90 Å². The maximum Gasteiger partial charge on any atom is 0.149 e. The molecule has 0 aromatic carbocycles. The summed E-state index contributed by atoms with van der Waals surface area (Å²) in [7, 11) is 0. The van der Waals surface area contributed by atoms with E-state index in [1.807, 2.05) is 6.92 Å². The SMILES string of the molecule is CCCC(C)C(=O)CNCO. The molecule has 1 unspecified atom stereocenters. The molecule has 0 saturated heterocycles. The summed E-state index contributed by atoms with van der Waals surface area (Å²) in [6.45, 7) is 4.15. The van der Waals surface area contributed by atoms with Crippen LogP contribution in [0.3, 0.4) is 0 Å². The number of carbonyl (C=O) groups is 1. The second-order valence-electron chi connectivity index (χ2n) is 2.74. The van der Waals surface area contributed by atoms with Crippen LogP contribution in [0.2, 0.25) is 0 Å². The van der Waals surface area contributed by atoms with Gasteiger partial charge in [0, 0.05) is 5.92 Å². The molecular weight excluding hydrogens is 142 g/mol. The zero-order valence-electron chi connectivity index (χ0n) is 7.26. The number of aliphatic hydroxyl groups is 1. The van der Waals surface area contributed by atoms with Gasteiger partial charge in [-0.15, -0.1) is 0 Å². The highest BCUT2D eigenvalue weighted by molar-refractivity contribution is 5.82. The third kappa shape index (κ3) is 4.93. The normalized spacial score (nSPS) is 13.0. The molecule has 0 saturated carbocycles. The van der Waals surface area contributed by atoms with E-state index in [0.29, 0.717) is 0 Å². The number of nitrogens with one attached hydrogen (secondary N) is 1. The molecule has 3 heteroatoms. The van der Waals surface area contributed by atoms with Gasteiger partial charge in [-0.1, -0.05) is 20.3 Å². The van der Waals surface area contributed by atoms with Crippen LogP contribution in [0.25, 0.3) is 0 Å². The van der Waals surface area contributed by atoms with E-state index in [0.717, 1.165) is 12.8 Å². The van der Waals surface area contributed by atoms with Gasteiger partial charge in [0.2, 0.25) is 0 Å². The number of hydrogen-bond acceptors (Lipinski definition) is 3. The molecule has 1 atom stereocenters. The van der Waals surface area contributed by atoms with E-state index in [1.165, 1.54) is 0 Å². The maximum absolute atomic E-state index is 11.1. The molecule has 2 N–H and O–H groups in total. The van der Waals surface area contributed by atoms with E-state index < -0.39 is 0 Å². The molecule has 0 rings (SSSR count). The van der Waals surface area contributed by atoms with Crippen molar-refractivity contribution in [2.75, 3.05) is 13.3 Å². The minimum Gasteiger partial charge on any atom is -0.381 e. The molecule has 0 heterocycles. The molecule has 0 aromatic rings. The van der Waals surface area contributed by atoms with Crippen LogP contribution in [-0.2, 0) is 4.79 Å². The van der Waals surface area contributed by atoms with Crippen LogP contribution in [0.1, 0.15) is 26.7 Å². The van der Waals surface area contributed by atoms with Crippen molar-refractivity contribution in [3.05, 3.63) is 0 Å². The Morgan fingerprint density at radius 1 is 1.64 bits per heavy atom. The molecule has 0 amide bonds. The molecule has 0 spiro atoms. The largest absolute Gasteiger partial charge is 0.381 e. The van der Waals surface area contributed by atoms with Gasteiger partial charge < -0.3 is 5.11 Å². The zero-order chi connectivity index (χ0) is 8.69. The highest BCUT2D eigenvalue weighted by atomic mass is 16.3. The van der Waals surface area contributed by atoms with Crippen molar-refractivity contribution in [3.8, 4) is 0 Å². The molecule has 0 aromatic heterocycles. The first-order chi connectivity index (χ1) is 5.22. The van der Waals surface area contributed by atoms with Crippen LogP contribution in [0.15, 0.2) is 0 Å². The molecule has 0 aliphatic heterocycles. The first-order valence-corrected chi connectivity index (χ1v) is 4.06. The van der Waals surface area contributed by atoms with Crippen LogP contribution >= 0.6 is 0 Å². The Kier molecular flexibility index (Phi) is 6.07. The summed E-state index contributed by atoms with van der Waals surface area (Å²) in [6.07, 6.45) is 1.97. The van der Waals surface area contributed by atoms with Gasteiger partial charge in [-0.2, -0.15) is 0 Å². The molecule has 0 fully saturated rings. The van der Waals surface area contributed by atoms with Crippen molar-refractivity contribution in [2.24, 2.45) is 5.92 Å². The number of aliphatic hydroxyl groups excluding tert-OH is 1. The lowest BCUT2D eigenvalue weighted by molar-refractivity contribution is -0.121. The molecule has 3 nitrogen and oxygen atoms in total. The van der Waals surface area contributed by atoms with Crippen molar-refractivity contribution in [1.29, 1.82) is 0 Å². The summed E-state index contributed by atoms with van der Waals surface area (Å²) in [5.74, 6) is 0.306. The van der Waals surface area contributed by atoms with Gasteiger partial charge in [-0.05, 0) is 6.42 Å². The van der Waals surface area contributed by atoms with Crippen LogP contribution in [-0.4, -0.2) is 24.2 Å². The van der Waals surface area contributed by atoms with Gasteiger partial charge >= 0.3 is 0 Å². The molecule has 0 aliphatic carbocycles. The van der Waals surface area contributed by atoms with Crippen LogP contribution < -0.4 is 5.32 Å². The molecule has 0 aliphatic rings. The average Bonchev–Trinajstić information content (AvgIpc) is 2.00. The van der Waals surface area contributed by atoms with Gasteiger partial charge in [0.25, 0.3) is 0 Å². The number of carbonyl (C=O) groups excluding carboxylic acids is 1. The number of rotatable bonds is 6.